The molecular formula is C37H40Cl3F2N3O3S2. The van der Waals surface area contributed by atoms with E-state index in [-0.39, 0.29) is 40.2 Å². The second kappa shape index (κ2) is 15.2. The van der Waals surface area contributed by atoms with Gasteiger partial charge in [0.05, 0.1) is 14.9 Å². The Morgan fingerprint density at radius 3 is 1.88 bits per heavy atom. The van der Waals surface area contributed by atoms with E-state index in [2.05, 4.69) is 9.80 Å². The molecule has 13 heteroatoms. The third-order valence-electron chi connectivity index (χ3n) is 12.0. The first-order chi connectivity index (χ1) is 23.6. The summed E-state index contributed by atoms with van der Waals surface area (Å²) in [6, 6.07) is 10.4. The first kappa shape index (κ1) is 37.8. The minimum atomic E-state index is -0.421. The van der Waals surface area contributed by atoms with Gasteiger partial charge in [-0.1, -0.05) is 23.2 Å². The van der Waals surface area contributed by atoms with Crippen molar-refractivity contribution in [2.24, 2.45) is 23.5 Å². The monoisotopic (exact) mass is 781 g/mol. The van der Waals surface area contributed by atoms with Crippen LogP contribution < -0.4 is 5.73 Å². The van der Waals surface area contributed by atoms with Crippen LogP contribution in [0, 0.1) is 29.4 Å². The Labute approximate surface area is 314 Å². The van der Waals surface area contributed by atoms with E-state index in [9.17, 15) is 13.6 Å². The predicted molar refractivity (Wildman–Crippen MR) is 199 cm³/mol. The maximum atomic E-state index is 13.6. The summed E-state index contributed by atoms with van der Waals surface area (Å²) >= 11 is 14.4. The average Bonchev–Trinajstić information content (AvgIpc) is 3.98. The van der Waals surface area contributed by atoms with Crippen molar-refractivity contribution in [2.75, 3.05) is 26.2 Å². The van der Waals surface area contributed by atoms with E-state index < -0.39 is 5.82 Å². The molecule has 2 spiro atoms. The van der Waals surface area contributed by atoms with Crippen molar-refractivity contribution in [1.29, 1.82) is 0 Å². The van der Waals surface area contributed by atoms with Crippen molar-refractivity contribution >= 4 is 90.4 Å². The second-order valence-corrected chi connectivity index (χ2v) is 17.2. The van der Waals surface area contributed by atoms with Gasteiger partial charge in [-0.15, -0.1) is 35.1 Å². The number of benzene rings is 2. The SMILES string of the molecule is Cl.Fc1cc2ccsc2cc1Cl.N[C@@H]1C2CCN(CC2)C12CC2.O=C(C[C@@H]1C2CCN(CC2)C12CC2)c1cc2cc(F)c(Cl)cc2s1.O=C=O. The topological polar surface area (TPSA) is 83.7 Å². The minimum absolute atomic E-state index is 0. The van der Waals surface area contributed by atoms with Gasteiger partial charge in [0, 0.05) is 32.9 Å². The number of nitrogens with zero attached hydrogens (tertiary/aromatic N) is 2. The van der Waals surface area contributed by atoms with Crippen LogP contribution in [0.15, 0.2) is 41.8 Å². The van der Waals surface area contributed by atoms with E-state index in [1.165, 1.54) is 101 Å². The number of Topliss-reactive ketones (excluding diaryl/α,β-unsaturated/α-hetero) is 1. The summed E-state index contributed by atoms with van der Waals surface area (Å²) < 4.78 is 28.3. The fraction of sp³-hybridized carbons (Fsp3) is 0.514. The van der Waals surface area contributed by atoms with Crippen molar-refractivity contribution in [3.8, 4) is 0 Å². The van der Waals surface area contributed by atoms with Gasteiger partial charge in [-0.3, -0.25) is 14.6 Å². The third-order valence-corrected chi connectivity index (χ3v) is 14.6. The van der Waals surface area contributed by atoms with Crippen molar-refractivity contribution in [1.82, 2.24) is 9.80 Å². The van der Waals surface area contributed by atoms with Crippen LogP contribution in [0.2, 0.25) is 10.0 Å². The van der Waals surface area contributed by atoms with E-state index in [1.807, 2.05) is 17.5 Å². The highest BCUT2D eigenvalue weighted by atomic mass is 35.5. The van der Waals surface area contributed by atoms with Crippen molar-refractivity contribution < 1.29 is 23.2 Å². The number of piperidine rings is 6. The molecule has 2 atom stereocenters. The van der Waals surface area contributed by atoms with Gasteiger partial charge in [0.15, 0.2) is 5.78 Å². The molecule has 8 aliphatic rings. The van der Waals surface area contributed by atoms with Crippen LogP contribution in [0.1, 0.15) is 67.5 Å². The van der Waals surface area contributed by atoms with Gasteiger partial charge in [0.1, 0.15) is 11.6 Å². The van der Waals surface area contributed by atoms with Crippen molar-refractivity contribution in [3.05, 3.63) is 68.3 Å². The molecule has 8 heterocycles. The number of hydrogen-bond acceptors (Lipinski definition) is 8. The lowest BCUT2D eigenvalue weighted by Crippen LogP contribution is -2.63. The smallest absolute Gasteiger partial charge is 0.326 e. The molecule has 50 heavy (non-hydrogen) atoms. The Balaban J connectivity index is 0.000000138. The number of carbonyl (C=O) groups excluding carboxylic acids is 3. The second-order valence-electron chi connectivity index (χ2n) is 14.3. The number of carbonyl (C=O) groups is 1. The highest BCUT2D eigenvalue weighted by Gasteiger charge is 2.60. The van der Waals surface area contributed by atoms with Crippen molar-refractivity contribution in [2.45, 2.75) is 74.9 Å². The Hall–Kier alpha value is -1.98. The molecule has 8 fully saturated rings. The zero-order valence-corrected chi connectivity index (χ0v) is 31.4. The zero-order valence-electron chi connectivity index (χ0n) is 27.5. The van der Waals surface area contributed by atoms with Gasteiger partial charge in [-0.25, -0.2) is 8.78 Å². The van der Waals surface area contributed by atoms with E-state index in [1.54, 1.807) is 23.5 Å². The fourth-order valence-corrected chi connectivity index (χ4v) is 11.5. The lowest BCUT2D eigenvalue weighted by molar-refractivity contribution is -0.191. The van der Waals surface area contributed by atoms with Crippen LogP contribution in [0.5, 0.6) is 0 Å². The van der Waals surface area contributed by atoms with Crippen LogP contribution in [0.4, 0.5) is 8.78 Å². The molecule has 2 N–H and O–H groups in total. The van der Waals surface area contributed by atoms with Gasteiger partial charge in [-0.2, -0.15) is 9.59 Å². The minimum Gasteiger partial charge on any atom is -0.326 e. The Kier molecular flexibility index (Phi) is 11.5. The Bertz CT molecular complexity index is 1810. The summed E-state index contributed by atoms with van der Waals surface area (Å²) in [6.07, 6.45) is 11.4. The summed E-state index contributed by atoms with van der Waals surface area (Å²) in [7, 11) is 0. The molecule has 0 amide bonds. The van der Waals surface area contributed by atoms with Crippen LogP contribution in [-0.2, 0) is 9.59 Å². The summed E-state index contributed by atoms with van der Waals surface area (Å²) in [6.45, 7) is 5.10. The highest BCUT2D eigenvalue weighted by Crippen LogP contribution is 2.59. The molecule has 6 nitrogen and oxygen atoms in total. The summed E-state index contributed by atoms with van der Waals surface area (Å²) in [4.78, 5) is 35.2. The highest BCUT2D eigenvalue weighted by molar-refractivity contribution is 7.20. The first-order valence-electron chi connectivity index (χ1n) is 17.1. The third kappa shape index (κ3) is 7.17. The molecule has 0 radical (unpaired) electrons. The molecule has 2 aromatic heterocycles. The van der Waals surface area contributed by atoms with Crippen molar-refractivity contribution in [3.63, 3.8) is 0 Å². The fourth-order valence-electron chi connectivity index (χ4n) is 9.15. The van der Waals surface area contributed by atoms with Gasteiger partial charge in [0.25, 0.3) is 0 Å². The standard InChI is InChI=1S/C19H19ClFNOS.C9H16N2.C8H4ClFS.CO2.ClH/c20-14-10-17-12(7-15(14)21)8-18(24-17)16(23)9-13-11-1-5-22(6-2-11)19(13)3-4-19;10-8-7-1-5-11(6-2-7)9(8)3-4-9;9-6-4-8-5(1-2-11-8)3-7(6)10;2-1-3;/h7-8,10-11,13H,1-6,9H2;7-8H,1-6,10H2;1-4H;;1H/t13-;8-;;;/m11.../s1. The van der Waals surface area contributed by atoms with E-state index >= 15 is 0 Å². The number of thiophene rings is 2. The molecule has 4 bridgehead atoms. The van der Waals surface area contributed by atoms with E-state index in [0.29, 0.717) is 35.4 Å². The van der Waals surface area contributed by atoms with Gasteiger partial charge < -0.3 is 5.73 Å². The number of halogens is 5. The van der Waals surface area contributed by atoms with Crippen LogP contribution >= 0.6 is 58.3 Å². The average molecular weight is 783 g/mol. The van der Waals surface area contributed by atoms with Crippen LogP contribution in [0.25, 0.3) is 20.2 Å². The number of ketones is 1. The number of hydrogen-bond donors (Lipinski definition) is 1. The largest absolute Gasteiger partial charge is 0.373 e. The number of nitrogens with two attached hydrogens (primary N) is 1. The van der Waals surface area contributed by atoms with Crippen LogP contribution in [-0.4, -0.2) is 65.0 Å². The molecule has 6 saturated heterocycles. The molecule has 4 aromatic rings. The molecular weight excluding hydrogens is 743 g/mol. The maximum Gasteiger partial charge on any atom is 0.373 e. The first-order valence-corrected chi connectivity index (χ1v) is 19.5. The molecule has 12 rings (SSSR count). The van der Waals surface area contributed by atoms with E-state index in [4.69, 9.17) is 38.5 Å². The maximum absolute atomic E-state index is 13.6. The lowest BCUT2D eigenvalue weighted by Gasteiger charge is -2.52. The van der Waals surface area contributed by atoms with Gasteiger partial charge in [-0.05, 0) is 148 Å². The molecule has 2 aliphatic carbocycles. The normalized spacial score (nSPS) is 28.3. The summed E-state index contributed by atoms with van der Waals surface area (Å²) in [5.74, 6) is 1.54. The molecule has 0 unspecified atom stereocenters. The lowest BCUT2D eigenvalue weighted by atomic mass is 9.70. The molecule has 2 saturated carbocycles. The molecule has 2 aromatic carbocycles. The van der Waals surface area contributed by atoms with E-state index in [0.717, 1.165) is 31.0 Å². The predicted octanol–water partition coefficient (Wildman–Crippen LogP) is 9.25. The number of fused-ring (bicyclic) bond motifs is 6. The number of rotatable bonds is 3. The zero-order chi connectivity index (χ0) is 34.5. The Morgan fingerprint density at radius 1 is 0.820 bits per heavy atom. The molecule has 6 aliphatic heterocycles. The van der Waals surface area contributed by atoms with Gasteiger partial charge in [0.2, 0.25) is 0 Å². The molecule has 268 valence electrons. The summed E-state index contributed by atoms with van der Waals surface area (Å²) in [5, 5.41) is 3.93. The van der Waals surface area contributed by atoms with Gasteiger partial charge >= 0.3 is 6.15 Å². The Morgan fingerprint density at radius 2 is 1.34 bits per heavy atom. The quantitative estimate of drug-likeness (QED) is 0.209. The summed E-state index contributed by atoms with van der Waals surface area (Å²) in [5.41, 5.74) is 7.07. The van der Waals surface area contributed by atoms with Crippen LogP contribution in [0.3, 0.4) is 0 Å².